The molecule has 7 nitrogen and oxygen atoms in total. The first-order valence-electron chi connectivity index (χ1n) is 6.42. The first kappa shape index (κ1) is 14.3. The van der Waals surface area contributed by atoms with Crippen LogP contribution in [0.3, 0.4) is 0 Å². The van der Waals surface area contributed by atoms with Gasteiger partial charge in [-0.25, -0.2) is 4.79 Å². The Hall–Kier alpha value is -2.67. The molecule has 0 saturated heterocycles. The van der Waals surface area contributed by atoms with Crippen LogP contribution in [-0.4, -0.2) is 24.9 Å². The molecule has 0 aliphatic heterocycles. The van der Waals surface area contributed by atoms with Crippen LogP contribution in [0, 0.1) is 0 Å². The number of benzene rings is 1. The van der Waals surface area contributed by atoms with Crippen molar-refractivity contribution in [3.8, 4) is 0 Å². The van der Waals surface area contributed by atoms with E-state index in [0.29, 0.717) is 5.56 Å². The number of nitrogens with one attached hydrogen (secondary N) is 1. The van der Waals surface area contributed by atoms with E-state index in [1.54, 1.807) is 30.3 Å². The number of Topliss-reactive ketones (excluding diaryl/α,β-unsaturated/α-hetero) is 1. The summed E-state index contributed by atoms with van der Waals surface area (Å²) in [5, 5.41) is -0.0222. The van der Waals surface area contributed by atoms with E-state index in [2.05, 4.69) is 9.97 Å². The summed E-state index contributed by atoms with van der Waals surface area (Å²) in [7, 11) is 1.47. The maximum Gasteiger partial charge on any atom is 0.329 e. The van der Waals surface area contributed by atoms with Crippen LogP contribution >= 0.6 is 11.6 Å². The molecule has 3 rings (SSSR count). The second-order valence-corrected chi connectivity index (χ2v) is 5.08. The van der Waals surface area contributed by atoms with E-state index in [1.165, 1.54) is 16.2 Å². The summed E-state index contributed by atoms with van der Waals surface area (Å²) < 4.78 is 2.47. The number of aromatic nitrogens is 4. The molecule has 1 aromatic carbocycles. The fraction of sp³-hybridized carbons (Fsp3) is 0.143. The average molecular weight is 319 g/mol. The van der Waals surface area contributed by atoms with Crippen molar-refractivity contribution in [3.63, 3.8) is 0 Å². The molecule has 22 heavy (non-hydrogen) atoms. The van der Waals surface area contributed by atoms with Crippen molar-refractivity contribution in [2.45, 2.75) is 6.54 Å². The zero-order valence-corrected chi connectivity index (χ0v) is 12.3. The molecule has 2 aromatic heterocycles. The lowest BCUT2D eigenvalue weighted by Gasteiger charge is -2.05. The van der Waals surface area contributed by atoms with Gasteiger partial charge < -0.3 is 4.57 Å². The number of imidazole rings is 1. The third-order valence-corrected chi connectivity index (χ3v) is 3.65. The van der Waals surface area contributed by atoms with Gasteiger partial charge in [0.1, 0.15) is 0 Å². The van der Waals surface area contributed by atoms with Crippen molar-refractivity contribution in [1.29, 1.82) is 0 Å². The maximum absolute atomic E-state index is 12.3. The lowest BCUT2D eigenvalue weighted by molar-refractivity contribution is 0.0973. The molecule has 0 fully saturated rings. The lowest BCUT2D eigenvalue weighted by Crippen LogP contribution is -2.29. The Labute approximate surface area is 128 Å². The standard InChI is InChI=1S/C14H11ClN4O3/c1-18-11-10(12(21)17-14(18)22)19(13(15)16-11)7-9(20)8-5-3-2-4-6-8/h2-6H,7H2,1H3,(H,17,21,22). The zero-order chi connectivity index (χ0) is 15.9. The van der Waals surface area contributed by atoms with Crippen molar-refractivity contribution >= 4 is 28.5 Å². The van der Waals surface area contributed by atoms with Gasteiger partial charge in [0.15, 0.2) is 16.9 Å². The summed E-state index contributed by atoms with van der Waals surface area (Å²) >= 11 is 6.03. The summed E-state index contributed by atoms with van der Waals surface area (Å²) in [6.07, 6.45) is 0. The molecule has 0 radical (unpaired) electrons. The van der Waals surface area contributed by atoms with Crippen LogP contribution in [0.5, 0.6) is 0 Å². The molecule has 0 amide bonds. The van der Waals surface area contributed by atoms with E-state index in [1.807, 2.05) is 0 Å². The molecule has 0 unspecified atom stereocenters. The van der Waals surface area contributed by atoms with Gasteiger partial charge >= 0.3 is 5.69 Å². The van der Waals surface area contributed by atoms with Gasteiger partial charge in [0.2, 0.25) is 5.28 Å². The summed E-state index contributed by atoms with van der Waals surface area (Å²) in [5.74, 6) is -0.213. The fourth-order valence-electron chi connectivity index (χ4n) is 2.21. The lowest BCUT2D eigenvalue weighted by atomic mass is 10.1. The van der Waals surface area contributed by atoms with Crippen molar-refractivity contribution in [2.75, 3.05) is 0 Å². The SMILES string of the molecule is Cn1c(=O)[nH]c(=O)c2c1nc(Cl)n2CC(=O)c1ccccc1. The van der Waals surface area contributed by atoms with Crippen LogP contribution in [0.4, 0.5) is 0 Å². The molecule has 0 aliphatic rings. The van der Waals surface area contributed by atoms with Gasteiger partial charge in [0.25, 0.3) is 5.56 Å². The second-order valence-electron chi connectivity index (χ2n) is 4.75. The first-order valence-corrected chi connectivity index (χ1v) is 6.80. The van der Waals surface area contributed by atoms with Gasteiger partial charge in [0, 0.05) is 12.6 Å². The normalized spacial score (nSPS) is 11.0. The molecule has 0 saturated carbocycles. The van der Waals surface area contributed by atoms with Crippen LogP contribution < -0.4 is 11.2 Å². The van der Waals surface area contributed by atoms with E-state index < -0.39 is 11.2 Å². The van der Waals surface area contributed by atoms with Crippen LogP contribution in [-0.2, 0) is 13.6 Å². The monoisotopic (exact) mass is 318 g/mol. The largest absolute Gasteiger partial charge is 0.329 e. The topological polar surface area (TPSA) is 89.8 Å². The molecule has 0 aliphatic carbocycles. The number of halogens is 1. The van der Waals surface area contributed by atoms with Crippen LogP contribution in [0.1, 0.15) is 10.4 Å². The maximum atomic E-state index is 12.3. The molecule has 2 heterocycles. The highest BCUT2D eigenvalue weighted by atomic mass is 35.5. The number of hydrogen-bond acceptors (Lipinski definition) is 4. The number of hydrogen-bond donors (Lipinski definition) is 1. The predicted octanol–water partition coefficient (Wildman–Crippen LogP) is 0.960. The predicted molar refractivity (Wildman–Crippen MR) is 81.4 cm³/mol. The Bertz CT molecular complexity index is 985. The minimum atomic E-state index is -0.627. The quantitative estimate of drug-likeness (QED) is 0.575. The Morgan fingerprint density at radius 2 is 1.95 bits per heavy atom. The number of nitrogens with zero attached hydrogens (tertiary/aromatic N) is 3. The Morgan fingerprint density at radius 1 is 1.27 bits per heavy atom. The molecular formula is C14H11ClN4O3. The molecule has 112 valence electrons. The third-order valence-electron chi connectivity index (χ3n) is 3.36. The van der Waals surface area contributed by atoms with Gasteiger partial charge in [-0.15, -0.1) is 0 Å². The Morgan fingerprint density at radius 3 is 2.64 bits per heavy atom. The van der Waals surface area contributed by atoms with Crippen LogP contribution in [0.15, 0.2) is 39.9 Å². The van der Waals surface area contributed by atoms with Crippen LogP contribution in [0.2, 0.25) is 5.28 Å². The summed E-state index contributed by atoms with van der Waals surface area (Å²) in [6, 6.07) is 8.65. The number of rotatable bonds is 3. The molecule has 0 atom stereocenters. The number of carbonyl (C=O) groups is 1. The minimum absolute atomic E-state index is 0.0222. The molecule has 0 spiro atoms. The van der Waals surface area contributed by atoms with Crippen LogP contribution in [0.25, 0.3) is 11.2 Å². The highest BCUT2D eigenvalue weighted by Gasteiger charge is 2.18. The first-order chi connectivity index (χ1) is 10.5. The third kappa shape index (κ3) is 2.25. The Balaban J connectivity index is 2.14. The van der Waals surface area contributed by atoms with E-state index in [4.69, 9.17) is 11.6 Å². The van der Waals surface area contributed by atoms with E-state index >= 15 is 0 Å². The Kier molecular flexibility index (Phi) is 3.42. The summed E-state index contributed by atoms with van der Waals surface area (Å²) in [4.78, 5) is 42.0. The molecular weight excluding hydrogens is 308 g/mol. The smallest absolute Gasteiger partial charge is 0.301 e. The summed E-state index contributed by atoms with van der Waals surface area (Å²) in [5.41, 5.74) is -0.482. The second kappa shape index (κ2) is 5.27. The number of fused-ring (bicyclic) bond motifs is 1. The summed E-state index contributed by atoms with van der Waals surface area (Å²) in [6.45, 7) is -0.138. The zero-order valence-electron chi connectivity index (χ0n) is 11.5. The van der Waals surface area contributed by atoms with Gasteiger partial charge in [-0.05, 0) is 11.6 Å². The van der Waals surface area contributed by atoms with Gasteiger partial charge in [0.05, 0.1) is 6.54 Å². The number of H-pyrrole nitrogens is 1. The van der Waals surface area contributed by atoms with Crippen molar-refractivity contribution < 1.29 is 4.79 Å². The number of aryl methyl sites for hydroxylation is 1. The van der Waals surface area contributed by atoms with E-state index in [9.17, 15) is 14.4 Å². The molecule has 3 aromatic rings. The molecule has 1 N–H and O–H groups in total. The fourth-order valence-corrected chi connectivity index (χ4v) is 2.44. The van der Waals surface area contributed by atoms with E-state index in [-0.39, 0.29) is 28.8 Å². The van der Waals surface area contributed by atoms with Gasteiger partial charge in [-0.3, -0.25) is 19.1 Å². The highest BCUT2D eigenvalue weighted by Crippen LogP contribution is 2.16. The highest BCUT2D eigenvalue weighted by molar-refractivity contribution is 6.29. The minimum Gasteiger partial charge on any atom is -0.301 e. The number of aromatic amines is 1. The average Bonchev–Trinajstić information content (AvgIpc) is 2.83. The van der Waals surface area contributed by atoms with Crippen molar-refractivity contribution in [1.82, 2.24) is 19.1 Å². The van der Waals surface area contributed by atoms with Crippen molar-refractivity contribution in [2.24, 2.45) is 7.05 Å². The molecule has 0 bridgehead atoms. The molecule has 8 heteroatoms. The van der Waals surface area contributed by atoms with Crippen molar-refractivity contribution in [3.05, 3.63) is 62.0 Å². The van der Waals surface area contributed by atoms with Gasteiger partial charge in [-0.1, -0.05) is 30.3 Å². The number of ketones is 1. The number of carbonyl (C=O) groups excluding carboxylic acids is 1. The van der Waals surface area contributed by atoms with E-state index in [0.717, 1.165) is 0 Å². The van der Waals surface area contributed by atoms with Gasteiger partial charge in [-0.2, -0.15) is 4.98 Å².